The maximum atomic E-state index is 5.41. The number of ether oxygens (including phenoxy) is 1. The molecule has 0 fully saturated rings. The van der Waals surface area contributed by atoms with E-state index in [1.165, 1.54) is 6.33 Å². The molecule has 1 rings (SSSR count). The van der Waals surface area contributed by atoms with Crippen LogP contribution in [0.3, 0.4) is 0 Å². The van der Waals surface area contributed by atoms with Crippen LogP contribution in [0.25, 0.3) is 0 Å². The molecule has 0 amide bonds. The third-order valence-corrected chi connectivity index (χ3v) is 1.59. The molecule has 1 aromatic rings. The van der Waals surface area contributed by atoms with E-state index >= 15 is 0 Å². The second kappa shape index (κ2) is 6.32. The normalized spacial score (nSPS) is 10.5. The summed E-state index contributed by atoms with van der Waals surface area (Å²) in [4.78, 5) is 7.86. The lowest BCUT2D eigenvalue weighted by Crippen LogP contribution is -2.12. The van der Waals surface area contributed by atoms with Gasteiger partial charge in [0.05, 0.1) is 6.61 Å². The number of nitrogens with zero attached hydrogens (tertiary/aromatic N) is 2. The van der Waals surface area contributed by atoms with Crippen LogP contribution in [0, 0.1) is 5.92 Å². The number of rotatable bonds is 6. The van der Waals surface area contributed by atoms with Crippen molar-refractivity contribution in [2.75, 3.05) is 25.1 Å². The van der Waals surface area contributed by atoms with Crippen LogP contribution in [0.5, 0.6) is 0 Å². The van der Waals surface area contributed by atoms with Crippen molar-refractivity contribution < 1.29 is 4.74 Å². The average molecular weight is 195 g/mol. The van der Waals surface area contributed by atoms with Crippen LogP contribution >= 0.6 is 0 Å². The molecule has 1 N–H and O–H groups in total. The highest BCUT2D eigenvalue weighted by Crippen LogP contribution is 1.97. The van der Waals surface area contributed by atoms with Gasteiger partial charge in [0, 0.05) is 19.3 Å². The molecule has 1 heterocycles. The van der Waals surface area contributed by atoms with Gasteiger partial charge < -0.3 is 10.1 Å². The number of hydrogen-bond donors (Lipinski definition) is 1. The fourth-order valence-corrected chi connectivity index (χ4v) is 0.966. The predicted octanol–water partition coefficient (Wildman–Crippen LogP) is 1.56. The molecular formula is C10H17N3O. The Labute approximate surface area is 84.7 Å². The molecular weight excluding hydrogens is 178 g/mol. The largest absolute Gasteiger partial charge is 0.379 e. The summed E-state index contributed by atoms with van der Waals surface area (Å²) in [6.07, 6.45) is 3.24. The molecule has 0 atom stereocenters. The van der Waals surface area contributed by atoms with E-state index in [-0.39, 0.29) is 0 Å². The van der Waals surface area contributed by atoms with Gasteiger partial charge in [0.15, 0.2) is 0 Å². The van der Waals surface area contributed by atoms with Crippen molar-refractivity contribution in [3.05, 3.63) is 18.6 Å². The number of anilines is 1. The molecule has 14 heavy (non-hydrogen) atoms. The summed E-state index contributed by atoms with van der Waals surface area (Å²) in [5.41, 5.74) is 0. The van der Waals surface area contributed by atoms with Crippen LogP contribution in [0.1, 0.15) is 13.8 Å². The smallest absolute Gasteiger partial charge is 0.129 e. The summed E-state index contributed by atoms with van der Waals surface area (Å²) >= 11 is 0. The highest BCUT2D eigenvalue weighted by Gasteiger charge is 1.94. The zero-order chi connectivity index (χ0) is 10.2. The second-order valence-electron chi connectivity index (χ2n) is 3.49. The van der Waals surface area contributed by atoms with Crippen LogP contribution in [-0.4, -0.2) is 29.7 Å². The monoisotopic (exact) mass is 195 g/mol. The number of nitrogens with one attached hydrogen (secondary N) is 1. The Morgan fingerprint density at radius 3 is 3.00 bits per heavy atom. The number of hydrogen-bond acceptors (Lipinski definition) is 4. The molecule has 0 saturated carbocycles. The quantitative estimate of drug-likeness (QED) is 0.700. The van der Waals surface area contributed by atoms with Gasteiger partial charge in [-0.05, 0) is 12.0 Å². The molecule has 78 valence electrons. The fraction of sp³-hybridized carbons (Fsp3) is 0.600. The maximum absolute atomic E-state index is 5.41. The van der Waals surface area contributed by atoms with Gasteiger partial charge in [0.1, 0.15) is 12.1 Å². The van der Waals surface area contributed by atoms with E-state index in [0.717, 1.165) is 19.0 Å². The molecule has 1 aromatic heterocycles. The van der Waals surface area contributed by atoms with Crippen LogP contribution in [0.15, 0.2) is 18.6 Å². The molecule has 0 aliphatic heterocycles. The van der Waals surface area contributed by atoms with Crippen LogP contribution in [0.2, 0.25) is 0 Å². The Balaban J connectivity index is 2.05. The van der Waals surface area contributed by atoms with E-state index in [1.807, 2.05) is 6.07 Å². The van der Waals surface area contributed by atoms with Crippen molar-refractivity contribution in [2.45, 2.75) is 13.8 Å². The lowest BCUT2D eigenvalue weighted by atomic mass is 10.2. The van der Waals surface area contributed by atoms with Crippen LogP contribution in [-0.2, 0) is 4.74 Å². The van der Waals surface area contributed by atoms with Gasteiger partial charge in [0.25, 0.3) is 0 Å². The Bertz CT molecular complexity index is 238. The standard InChI is InChI=1S/C10H17N3O/c1-9(2)7-14-6-5-12-10-3-4-11-8-13-10/h3-4,8-9H,5-7H2,1-2H3,(H,11,12,13). The SMILES string of the molecule is CC(C)COCCNc1ccncn1. The zero-order valence-corrected chi connectivity index (χ0v) is 8.73. The van der Waals surface area contributed by atoms with Gasteiger partial charge in [-0.25, -0.2) is 9.97 Å². The number of aromatic nitrogens is 2. The van der Waals surface area contributed by atoms with Crippen molar-refractivity contribution in [3.63, 3.8) is 0 Å². The minimum absolute atomic E-state index is 0.592. The third kappa shape index (κ3) is 4.77. The Hall–Kier alpha value is -1.16. The van der Waals surface area contributed by atoms with E-state index in [4.69, 9.17) is 4.74 Å². The van der Waals surface area contributed by atoms with Gasteiger partial charge in [-0.15, -0.1) is 0 Å². The summed E-state index contributed by atoms with van der Waals surface area (Å²) in [5.74, 6) is 1.43. The first-order valence-electron chi connectivity index (χ1n) is 4.86. The zero-order valence-electron chi connectivity index (χ0n) is 8.73. The van der Waals surface area contributed by atoms with Crippen LogP contribution in [0.4, 0.5) is 5.82 Å². The van der Waals surface area contributed by atoms with E-state index < -0.39 is 0 Å². The van der Waals surface area contributed by atoms with Crippen LogP contribution < -0.4 is 5.32 Å². The van der Waals surface area contributed by atoms with E-state index in [9.17, 15) is 0 Å². The summed E-state index contributed by atoms with van der Waals surface area (Å²) in [5, 5.41) is 3.14. The summed E-state index contributed by atoms with van der Waals surface area (Å²) in [6, 6.07) is 1.84. The molecule has 0 aliphatic rings. The van der Waals surface area contributed by atoms with Gasteiger partial charge >= 0.3 is 0 Å². The Morgan fingerprint density at radius 1 is 1.50 bits per heavy atom. The minimum Gasteiger partial charge on any atom is -0.379 e. The molecule has 0 bridgehead atoms. The van der Waals surface area contributed by atoms with E-state index in [0.29, 0.717) is 12.5 Å². The van der Waals surface area contributed by atoms with Crippen molar-refractivity contribution >= 4 is 5.82 Å². The lowest BCUT2D eigenvalue weighted by molar-refractivity contribution is 0.118. The molecule has 0 radical (unpaired) electrons. The fourth-order valence-electron chi connectivity index (χ4n) is 0.966. The Morgan fingerprint density at radius 2 is 2.36 bits per heavy atom. The first-order chi connectivity index (χ1) is 6.79. The maximum Gasteiger partial charge on any atom is 0.129 e. The average Bonchev–Trinajstić information content (AvgIpc) is 2.18. The van der Waals surface area contributed by atoms with Gasteiger partial charge in [-0.1, -0.05) is 13.8 Å². The topological polar surface area (TPSA) is 47.0 Å². The molecule has 0 aromatic carbocycles. The first kappa shape index (κ1) is 10.9. The molecule has 0 saturated heterocycles. The summed E-state index contributed by atoms with van der Waals surface area (Å²) in [6.45, 7) is 6.58. The van der Waals surface area contributed by atoms with Gasteiger partial charge in [-0.2, -0.15) is 0 Å². The first-order valence-corrected chi connectivity index (χ1v) is 4.86. The van der Waals surface area contributed by atoms with Crippen molar-refractivity contribution in [2.24, 2.45) is 5.92 Å². The predicted molar refractivity (Wildman–Crippen MR) is 56.2 cm³/mol. The second-order valence-corrected chi connectivity index (χ2v) is 3.49. The molecule has 0 aliphatic carbocycles. The molecule has 4 heteroatoms. The lowest BCUT2D eigenvalue weighted by Gasteiger charge is -2.07. The highest BCUT2D eigenvalue weighted by atomic mass is 16.5. The minimum atomic E-state index is 0.592. The van der Waals surface area contributed by atoms with Gasteiger partial charge in [0.2, 0.25) is 0 Å². The van der Waals surface area contributed by atoms with Crippen molar-refractivity contribution in [3.8, 4) is 0 Å². The third-order valence-electron chi connectivity index (χ3n) is 1.59. The Kier molecular flexibility index (Phi) is 4.93. The molecule has 0 spiro atoms. The molecule has 0 unspecified atom stereocenters. The van der Waals surface area contributed by atoms with E-state index in [2.05, 4.69) is 29.1 Å². The summed E-state index contributed by atoms with van der Waals surface area (Å²) < 4.78 is 5.41. The summed E-state index contributed by atoms with van der Waals surface area (Å²) in [7, 11) is 0. The van der Waals surface area contributed by atoms with Crippen molar-refractivity contribution in [1.29, 1.82) is 0 Å². The van der Waals surface area contributed by atoms with Gasteiger partial charge in [-0.3, -0.25) is 0 Å². The molecule has 4 nitrogen and oxygen atoms in total. The van der Waals surface area contributed by atoms with E-state index in [1.54, 1.807) is 6.20 Å². The highest BCUT2D eigenvalue weighted by molar-refractivity contribution is 5.31. The van der Waals surface area contributed by atoms with Crippen molar-refractivity contribution in [1.82, 2.24) is 9.97 Å².